The monoisotopic (exact) mass is 375 g/mol. The number of anilines is 2. The Labute approximate surface area is 153 Å². The smallest absolute Gasteiger partial charge is 0.341 e. The van der Waals surface area contributed by atoms with Crippen LogP contribution >= 0.6 is 23.1 Å². The zero-order valence-corrected chi connectivity index (χ0v) is 15.7. The zero-order chi connectivity index (χ0) is 17.8. The van der Waals surface area contributed by atoms with Crippen molar-refractivity contribution in [3.63, 3.8) is 0 Å². The van der Waals surface area contributed by atoms with Gasteiger partial charge in [0, 0.05) is 5.69 Å². The molecule has 130 valence electrons. The molecule has 0 bridgehead atoms. The lowest BCUT2D eigenvalue weighted by molar-refractivity contribution is 0.0599. The first-order valence-electron chi connectivity index (χ1n) is 7.53. The minimum atomic E-state index is -0.391. The van der Waals surface area contributed by atoms with E-state index in [0.29, 0.717) is 22.8 Å². The summed E-state index contributed by atoms with van der Waals surface area (Å²) in [6, 6.07) is 9.72. The second-order valence-electron chi connectivity index (χ2n) is 5.28. The van der Waals surface area contributed by atoms with Gasteiger partial charge in [-0.1, -0.05) is 41.3 Å². The predicted octanol–water partition coefficient (Wildman–Crippen LogP) is 4.57. The van der Waals surface area contributed by atoms with E-state index in [1.54, 1.807) is 13.0 Å². The maximum atomic E-state index is 11.6. The van der Waals surface area contributed by atoms with Crippen LogP contribution in [0.2, 0.25) is 0 Å². The van der Waals surface area contributed by atoms with Gasteiger partial charge in [0.15, 0.2) is 4.34 Å². The fourth-order valence-electron chi connectivity index (χ4n) is 2.21. The van der Waals surface area contributed by atoms with Gasteiger partial charge >= 0.3 is 5.97 Å². The Hall–Kier alpha value is -2.32. The van der Waals surface area contributed by atoms with Crippen molar-refractivity contribution in [2.24, 2.45) is 0 Å². The topological polar surface area (TPSA) is 77.2 Å². The number of esters is 1. The fourth-order valence-corrected chi connectivity index (χ4v) is 3.85. The van der Waals surface area contributed by atoms with E-state index in [1.165, 1.54) is 30.2 Å². The molecule has 3 aromatic rings. The summed E-state index contributed by atoms with van der Waals surface area (Å²) in [6.45, 7) is 3.78. The minimum Gasteiger partial charge on any atom is -0.465 e. The molecule has 0 unspecified atom stereocenters. The van der Waals surface area contributed by atoms with E-state index >= 15 is 0 Å². The number of carbonyl (C=O) groups excluding carboxylic acids is 1. The Balaban J connectivity index is 1.62. The van der Waals surface area contributed by atoms with Crippen LogP contribution in [0.25, 0.3) is 0 Å². The normalized spacial score (nSPS) is 10.7. The van der Waals surface area contributed by atoms with Crippen molar-refractivity contribution in [1.29, 1.82) is 0 Å². The molecule has 2 aromatic heterocycles. The van der Waals surface area contributed by atoms with Gasteiger partial charge < -0.3 is 14.5 Å². The van der Waals surface area contributed by atoms with Gasteiger partial charge in [0.2, 0.25) is 5.13 Å². The SMILES string of the molecule is COC(=O)c1cc(CSc2nnc(Nc3ccccc3C)s2)oc1C. The van der Waals surface area contributed by atoms with Crippen LogP contribution in [0.1, 0.15) is 27.4 Å². The molecule has 0 aliphatic heterocycles. The van der Waals surface area contributed by atoms with Gasteiger partial charge in [-0.2, -0.15) is 0 Å². The third kappa shape index (κ3) is 4.21. The maximum absolute atomic E-state index is 11.6. The Kier molecular flexibility index (Phi) is 5.40. The van der Waals surface area contributed by atoms with Crippen molar-refractivity contribution in [2.45, 2.75) is 23.9 Å². The highest BCUT2D eigenvalue weighted by atomic mass is 32.2. The molecule has 0 amide bonds. The molecule has 0 saturated heterocycles. The molecule has 1 N–H and O–H groups in total. The average Bonchev–Trinajstić information content (AvgIpc) is 3.21. The molecule has 0 fully saturated rings. The number of rotatable bonds is 6. The number of benzene rings is 1. The lowest BCUT2D eigenvalue weighted by Crippen LogP contribution is -2.00. The van der Waals surface area contributed by atoms with E-state index in [1.807, 2.05) is 31.2 Å². The number of thioether (sulfide) groups is 1. The summed E-state index contributed by atoms with van der Waals surface area (Å²) in [4.78, 5) is 11.6. The standard InChI is InChI=1S/C17H17N3O3S2/c1-10-6-4-5-7-14(10)18-16-19-20-17(25-16)24-9-12-8-13(11(2)23-12)15(21)22-3/h4-8H,9H2,1-3H3,(H,18,19). The van der Waals surface area contributed by atoms with Crippen molar-refractivity contribution in [1.82, 2.24) is 10.2 Å². The van der Waals surface area contributed by atoms with Crippen LogP contribution in [0.15, 0.2) is 39.1 Å². The molecule has 0 spiro atoms. The summed E-state index contributed by atoms with van der Waals surface area (Å²) in [5.41, 5.74) is 2.62. The van der Waals surface area contributed by atoms with E-state index in [9.17, 15) is 4.79 Å². The molecule has 25 heavy (non-hydrogen) atoms. The van der Waals surface area contributed by atoms with Crippen LogP contribution in [0.3, 0.4) is 0 Å². The van der Waals surface area contributed by atoms with Gasteiger partial charge in [0.05, 0.1) is 12.9 Å². The van der Waals surface area contributed by atoms with E-state index in [0.717, 1.165) is 20.7 Å². The highest BCUT2D eigenvalue weighted by molar-refractivity contribution is 8.00. The molecule has 6 nitrogen and oxygen atoms in total. The zero-order valence-electron chi connectivity index (χ0n) is 14.0. The van der Waals surface area contributed by atoms with Crippen molar-refractivity contribution >= 4 is 39.9 Å². The molecule has 2 heterocycles. The van der Waals surface area contributed by atoms with Crippen molar-refractivity contribution < 1.29 is 13.9 Å². The van der Waals surface area contributed by atoms with Crippen molar-refractivity contribution in [3.8, 4) is 0 Å². The molecule has 3 rings (SSSR count). The first-order chi connectivity index (χ1) is 12.1. The summed E-state index contributed by atoms with van der Waals surface area (Å²) in [5.74, 6) is 1.43. The number of nitrogens with one attached hydrogen (secondary N) is 1. The van der Waals surface area contributed by atoms with Crippen LogP contribution in [0.4, 0.5) is 10.8 Å². The first-order valence-corrected chi connectivity index (χ1v) is 9.33. The van der Waals surface area contributed by atoms with Crippen LogP contribution in [0.5, 0.6) is 0 Å². The summed E-state index contributed by atoms with van der Waals surface area (Å²) in [7, 11) is 1.35. The molecular weight excluding hydrogens is 358 g/mol. The molecule has 0 aliphatic carbocycles. The number of methoxy groups -OCH3 is 1. The van der Waals surface area contributed by atoms with Gasteiger partial charge in [0.25, 0.3) is 0 Å². The Morgan fingerprint density at radius 2 is 2.12 bits per heavy atom. The number of furan rings is 1. The number of carbonyl (C=O) groups is 1. The lowest BCUT2D eigenvalue weighted by Gasteiger charge is -2.04. The Morgan fingerprint density at radius 3 is 2.88 bits per heavy atom. The molecule has 0 saturated carbocycles. The summed E-state index contributed by atoms with van der Waals surface area (Å²) in [6.07, 6.45) is 0. The van der Waals surface area contributed by atoms with Crippen LogP contribution in [0, 0.1) is 13.8 Å². The number of aryl methyl sites for hydroxylation is 2. The third-order valence-corrected chi connectivity index (χ3v) is 5.50. The molecule has 0 atom stereocenters. The summed E-state index contributed by atoms with van der Waals surface area (Å²) < 4.78 is 11.1. The highest BCUT2D eigenvalue weighted by Crippen LogP contribution is 2.31. The number of para-hydroxylation sites is 1. The fraction of sp³-hybridized carbons (Fsp3) is 0.235. The second-order valence-corrected chi connectivity index (χ2v) is 7.48. The highest BCUT2D eigenvalue weighted by Gasteiger charge is 2.16. The average molecular weight is 375 g/mol. The minimum absolute atomic E-state index is 0.391. The second kappa shape index (κ2) is 7.71. The van der Waals surface area contributed by atoms with E-state index in [4.69, 9.17) is 9.15 Å². The van der Waals surface area contributed by atoms with E-state index in [2.05, 4.69) is 15.5 Å². The molecule has 0 aliphatic rings. The van der Waals surface area contributed by atoms with Crippen LogP contribution < -0.4 is 5.32 Å². The Morgan fingerprint density at radius 1 is 1.32 bits per heavy atom. The van der Waals surface area contributed by atoms with Gasteiger partial charge in [-0.3, -0.25) is 0 Å². The molecule has 0 radical (unpaired) electrons. The molecular formula is C17H17N3O3S2. The van der Waals surface area contributed by atoms with Crippen molar-refractivity contribution in [3.05, 3.63) is 53.0 Å². The number of aromatic nitrogens is 2. The Bertz CT molecular complexity index is 889. The predicted molar refractivity (Wildman–Crippen MR) is 98.7 cm³/mol. The molecule has 8 heteroatoms. The lowest BCUT2D eigenvalue weighted by atomic mass is 10.2. The van der Waals surface area contributed by atoms with Gasteiger partial charge in [-0.05, 0) is 31.5 Å². The quantitative estimate of drug-likeness (QED) is 0.499. The summed E-state index contributed by atoms with van der Waals surface area (Å²) >= 11 is 2.98. The van der Waals surface area contributed by atoms with Gasteiger partial charge in [0.1, 0.15) is 17.1 Å². The summed E-state index contributed by atoms with van der Waals surface area (Å²) in [5, 5.41) is 12.3. The third-order valence-electron chi connectivity index (χ3n) is 3.51. The van der Waals surface area contributed by atoms with E-state index < -0.39 is 5.97 Å². The first kappa shape index (κ1) is 17.5. The number of hydrogen-bond donors (Lipinski definition) is 1. The van der Waals surface area contributed by atoms with Crippen LogP contribution in [-0.2, 0) is 10.5 Å². The number of nitrogens with zero attached hydrogens (tertiary/aromatic N) is 2. The largest absolute Gasteiger partial charge is 0.465 e. The maximum Gasteiger partial charge on any atom is 0.341 e. The van der Waals surface area contributed by atoms with Gasteiger partial charge in [-0.25, -0.2) is 4.79 Å². The molecule has 1 aromatic carbocycles. The van der Waals surface area contributed by atoms with Crippen molar-refractivity contribution in [2.75, 3.05) is 12.4 Å². The number of hydrogen-bond acceptors (Lipinski definition) is 8. The van der Waals surface area contributed by atoms with Crippen LogP contribution in [-0.4, -0.2) is 23.3 Å². The van der Waals surface area contributed by atoms with E-state index in [-0.39, 0.29) is 0 Å². The van der Waals surface area contributed by atoms with Gasteiger partial charge in [-0.15, -0.1) is 10.2 Å². The number of ether oxygens (including phenoxy) is 1.